The molecular formula is C46H91NO9. The van der Waals surface area contributed by atoms with Gasteiger partial charge in [0.2, 0.25) is 5.91 Å². The molecule has 8 atom stereocenters. The van der Waals surface area contributed by atoms with Gasteiger partial charge in [-0.2, -0.15) is 0 Å². The van der Waals surface area contributed by atoms with Crippen molar-refractivity contribution in [3.05, 3.63) is 0 Å². The number of ether oxygens (including phenoxy) is 2. The first-order chi connectivity index (χ1) is 27.3. The van der Waals surface area contributed by atoms with Crippen molar-refractivity contribution < 1.29 is 44.9 Å². The molecule has 1 aliphatic heterocycles. The number of hydrogen-bond acceptors (Lipinski definition) is 9. The van der Waals surface area contributed by atoms with Gasteiger partial charge >= 0.3 is 0 Å². The largest absolute Gasteiger partial charge is 0.394 e. The molecule has 0 aromatic rings. The molecule has 1 rings (SSSR count). The highest BCUT2D eigenvalue weighted by Crippen LogP contribution is 2.23. The first kappa shape index (κ1) is 53.2. The van der Waals surface area contributed by atoms with Crippen LogP contribution in [0, 0.1) is 0 Å². The lowest BCUT2D eigenvalue weighted by molar-refractivity contribution is -0.302. The minimum Gasteiger partial charge on any atom is -0.394 e. The number of aliphatic hydroxyl groups is 6. The predicted octanol–water partition coefficient (Wildman–Crippen LogP) is 8.92. The van der Waals surface area contributed by atoms with Crippen LogP contribution in [0.5, 0.6) is 0 Å². The Kier molecular flexibility index (Phi) is 35.3. The molecule has 7 N–H and O–H groups in total. The van der Waals surface area contributed by atoms with E-state index in [9.17, 15) is 35.4 Å². The van der Waals surface area contributed by atoms with E-state index in [2.05, 4.69) is 19.2 Å². The Morgan fingerprint density at radius 3 is 1.27 bits per heavy atom. The molecule has 10 heteroatoms. The van der Waals surface area contributed by atoms with Gasteiger partial charge in [-0.3, -0.25) is 4.79 Å². The van der Waals surface area contributed by atoms with Crippen molar-refractivity contribution in [1.29, 1.82) is 0 Å². The van der Waals surface area contributed by atoms with E-state index in [-0.39, 0.29) is 6.61 Å². The van der Waals surface area contributed by atoms with Crippen molar-refractivity contribution in [3.63, 3.8) is 0 Å². The number of nitrogens with one attached hydrogen (secondary N) is 1. The van der Waals surface area contributed by atoms with Crippen molar-refractivity contribution in [1.82, 2.24) is 5.32 Å². The zero-order chi connectivity index (χ0) is 41.1. The Balaban J connectivity index is 2.36. The van der Waals surface area contributed by atoms with Gasteiger partial charge in [0.05, 0.1) is 25.4 Å². The van der Waals surface area contributed by atoms with Gasteiger partial charge in [-0.15, -0.1) is 0 Å². The van der Waals surface area contributed by atoms with Crippen molar-refractivity contribution in [2.45, 2.75) is 275 Å². The highest BCUT2D eigenvalue weighted by molar-refractivity contribution is 5.80. The quantitative estimate of drug-likeness (QED) is 0.0299. The smallest absolute Gasteiger partial charge is 0.249 e. The minimum atomic E-state index is -1.59. The third-order valence-electron chi connectivity index (χ3n) is 11.8. The molecule has 8 unspecified atom stereocenters. The molecule has 1 saturated heterocycles. The van der Waals surface area contributed by atoms with Gasteiger partial charge in [0, 0.05) is 0 Å². The van der Waals surface area contributed by atoms with Crippen molar-refractivity contribution in [3.8, 4) is 0 Å². The first-order valence-electron chi connectivity index (χ1n) is 23.8. The summed E-state index contributed by atoms with van der Waals surface area (Å²) >= 11 is 0. The maximum Gasteiger partial charge on any atom is 0.249 e. The lowest BCUT2D eigenvalue weighted by Crippen LogP contribution is -2.60. The summed E-state index contributed by atoms with van der Waals surface area (Å²) in [6.45, 7) is 3.68. The number of carbonyl (C=O) groups is 1. The fourth-order valence-corrected chi connectivity index (χ4v) is 7.87. The molecule has 0 spiro atoms. The van der Waals surface area contributed by atoms with Crippen LogP contribution in [0.15, 0.2) is 0 Å². The molecule has 334 valence electrons. The topological polar surface area (TPSA) is 169 Å². The van der Waals surface area contributed by atoms with Crippen LogP contribution in [-0.4, -0.2) is 98.7 Å². The van der Waals surface area contributed by atoms with Crippen LogP contribution >= 0.6 is 0 Å². The van der Waals surface area contributed by atoms with E-state index in [1.807, 2.05) is 0 Å². The van der Waals surface area contributed by atoms with E-state index in [0.29, 0.717) is 12.8 Å². The number of carbonyl (C=O) groups excluding carboxylic acids is 1. The Labute approximate surface area is 343 Å². The highest BCUT2D eigenvalue weighted by Gasteiger charge is 2.44. The zero-order valence-electron chi connectivity index (χ0n) is 36.3. The van der Waals surface area contributed by atoms with E-state index < -0.39 is 61.5 Å². The first-order valence-corrected chi connectivity index (χ1v) is 23.8. The van der Waals surface area contributed by atoms with Gasteiger partial charge in [-0.05, 0) is 12.8 Å². The lowest BCUT2D eigenvalue weighted by Gasteiger charge is -2.40. The molecule has 1 heterocycles. The number of rotatable bonds is 40. The monoisotopic (exact) mass is 802 g/mol. The number of aliphatic hydroxyl groups excluding tert-OH is 6. The zero-order valence-corrected chi connectivity index (χ0v) is 36.3. The van der Waals surface area contributed by atoms with E-state index in [0.717, 1.165) is 38.5 Å². The van der Waals surface area contributed by atoms with Gasteiger partial charge in [-0.1, -0.05) is 213 Å². The lowest BCUT2D eigenvalue weighted by atomic mass is 9.99. The summed E-state index contributed by atoms with van der Waals surface area (Å²) in [5.41, 5.74) is 0. The van der Waals surface area contributed by atoms with E-state index in [1.165, 1.54) is 161 Å². The summed E-state index contributed by atoms with van der Waals surface area (Å²) in [5.74, 6) is -0.580. The van der Waals surface area contributed by atoms with E-state index in [4.69, 9.17) is 9.47 Å². The van der Waals surface area contributed by atoms with Crippen molar-refractivity contribution in [2.24, 2.45) is 0 Å². The summed E-state index contributed by atoms with van der Waals surface area (Å²) in [4.78, 5) is 13.1. The summed E-state index contributed by atoms with van der Waals surface area (Å²) in [7, 11) is 0. The molecule has 1 aliphatic rings. The average Bonchev–Trinajstić information content (AvgIpc) is 3.20. The molecule has 0 bridgehead atoms. The second kappa shape index (κ2) is 37.2. The van der Waals surface area contributed by atoms with Crippen LogP contribution in [0.3, 0.4) is 0 Å². The fraction of sp³-hybridized carbons (Fsp3) is 0.978. The predicted molar refractivity (Wildman–Crippen MR) is 227 cm³/mol. The van der Waals surface area contributed by atoms with Gasteiger partial charge in [0.25, 0.3) is 0 Å². The molecule has 56 heavy (non-hydrogen) atoms. The molecule has 0 aromatic carbocycles. The average molecular weight is 802 g/mol. The summed E-state index contributed by atoms with van der Waals surface area (Å²) < 4.78 is 11.2. The second-order valence-corrected chi connectivity index (χ2v) is 17.1. The Bertz CT molecular complexity index is 864. The summed E-state index contributed by atoms with van der Waals surface area (Å²) in [6, 6.07) is -0.887. The van der Waals surface area contributed by atoms with Gasteiger partial charge < -0.3 is 45.4 Å². The van der Waals surface area contributed by atoms with Crippen molar-refractivity contribution >= 4 is 5.91 Å². The SMILES string of the molecule is CCCCCCCCCCCCCCCCCCC(O)C(=O)NC(COC1OC(CO)C(O)C(O)C1O)C(O)CCCCCCCCCCCCCCCCC. The standard InChI is InChI=1S/C46H91NO9/c1-3-5-7-9-11-13-15-17-19-21-23-25-27-29-31-33-35-40(50)45(54)47-38(37-55-46-44(53)43(52)42(51)41(36-48)56-46)39(49)34-32-30-28-26-24-22-20-18-16-14-12-10-8-6-4-2/h38-44,46,48-53H,3-37H2,1-2H3,(H,47,54). The van der Waals surface area contributed by atoms with Crippen LogP contribution in [0.25, 0.3) is 0 Å². The van der Waals surface area contributed by atoms with Crippen molar-refractivity contribution in [2.75, 3.05) is 13.2 Å². The molecule has 0 aromatic heterocycles. The van der Waals surface area contributed by atoms with Gasteiger partial charge in [0.1, 0.15) is 30.5 Å². The molecular weight excluding hydrogens is 711 g/mol. The normalized spacial score (nSPS) is 21.6. The van der Waals surface area contributed by atoms with Crippen LogP contribution in [0.2, 0.25) is 0 Å². The van der Waals surface area contributed by atoms with Crippen LogP contribution in [0.1, 0.15) is 226 Å². The second-order valence-electron chi connectivity index (χ2n) is 17.1. The Morgan fingerprint density at radius 1 is 0.536 bits per heavy atom. The van der Waals surface area contributed by atoms with Gasteiger partial charge in [-0.25, -0.2) is 0 Å². The number of unbranched alkanes of at least 4 members (excludes halogenated alkanes) is 29. The van der Waals surface area contributed by atoms with Crippen LogP contribution in [-0.2, 0) is 14.3 Å². The maximum atomic E-state index is 13.1. The Morgan fingerprint density at radius 2 is 0.893 bits per heavy atom. The van der Waals surface area contributed by atoms with E-state index in [1.54, 1.807) is 0 Å². The third kappa shape index (κ3) is 27.0. The molecule has 10 nitrogen and oxygen atoms in total. The summed E-state index contributed by atoms with van der Waals surface area (Å²) in [6.07, 6.45) is 30.0. The highest BCUT2D eigenvalue weighted by atomic mass is 16.7. The molecule has 0 saturated carbocycles. The number of hydrogen-bond donors (Lipinski definition) is 7. The maximum absolute atomic E-state index is 13.1. The van der Waals surface area contributed by atoms with Crippen LogP contribution in [0.4, 0.5) is 0 Å². The third-order valence-corrected chi connectivity index (χ3v) is 11.8. The molecule has 0 radical (unpaired) electrons. The molecule has 1 fully saturated rings. The van der Waals surface area contributed by atoms with Gasteiger partial charge in [0.15, 0.2) is 6.29 Å². The molecule has 1 amide bonds. The minimum absolute atomic E-state index is 0.250. The summed E-state index contributed by atoms with van der Waals surface area (Å²) in [5, 5.41) is 64.9. The van der Waals surface area contributed by atoms with Crippen LogP contribution < -0.4 is 5.32 Å². The van der Waals surface area contributed by atoms with E-state index >= 15 is 0 Å². The molecule has 0 aliphatic carbocycles. The Hall–Kier alpha value is -0.850. The number of amides is 1. The fourth-order valence-electron chi connectivity index (χ4n) is 7.87.